The van der Waals surface area contributed by atoms with E-state index in [4.69, 9.17) is 4.74 Å². The van der Waals surface area contributed by atoms with Crippen molar-refractivity contribution >= 4 is 34.4 Å². The molecule has 0 aromatic heterocycles. The quantitative estimate of drug-likeness (QED) is 0.801. The van der Waals surface area contributed by atoms with Gasteiger partial charge < -0.3 is 15.0 Å². The molecule has 0 saturated carbocycles. The fourth-order valence-corrected chi connectivity index (χ4v) is 3.98. The minimum atomic E-state index is -0.119. The van der Waals surface area contributed by atoms with E-state index in [9.17, 15) is 14.4 Å². The second kappa shape index (κ2) is 8.93. The maximum absolute atomic E-state index is 12.1. The summed E-state index contributed by atoms with van der Waals surface area (Å²) in [6.45, 7) is 4.12. The molecule has 1 saturated heterocycles. The Balaban J connectivity index is 1.55. The lowest BCUT2D eigenvalue weighted by molar-refractivity contribution is -0.128. The Hall–Kier alpha value is -2.80. The summed E-state index contributed by atoms with van der Waals surface area (Å²) < 4.78 is 5.81. The lowest BCUT2D eigenvalue weighted by atomic mass is 10.2. The maximum atomic E-state index is 12.1. The van der Waals surface area contributed by atoms with Crippen LogP contribution in [0.5, 0.6) is 11.5 Å². The summed E-state index contributed by atoms with van der Waals surface area (Å²) in [7, 11) is 0. The number of anilines is 1. The molecule has 1 aliphatic heterocycles. The van der Waals surface area contributed by atoms with Gasteiger partial charge in [0.1, 0.15) is 11.5 Å². The second-order valence-corrected chi connectivity index (χ2v) is 8.14. The van der Waals surface area contributed by atoms with E-state index in [-0.39, 0.29) is 22.2 Å². The maximum Gasteiger partial charge on any atom is 0.224 e. The van der Waals surface area contributed by atoms with Crippen LogP contribution in [0, 0.1) is 0 Å². The van der Waals surface area contributed by atoms with E-state index in [2.05, 4.69) is 5.32 Å². The number of rotatable bonds is 6. The standard InChI is InChI=1S/C21H22N2O4S/c1-14(24)22-17-5-9-19(10-6-17)27-18-7-3-16(4-8-18)12-23-13-20(11-21(23)26)28-15(2)25/h3-10,20H,11-13H2,1-2H3,(H,22,24). The molecule has 0 bridgehead atoms. The Bertz CT molecular complexity index is 865. The molecule has 0 spiro atoms. The van der Waals surface area contributed by atoms with Crippen molar-refractivity contribution in [2.75, 3.05) is 11.9 Å². The Morgan fingerprint density at radius 1 is 1.07 bits per heavy atom. The van der Waals surface area contributed by atoms with E-state index >= 15 is 0 Å². The van der Waals surface area contributed by atoms with Crippen LogP contribution in [-0.4, -0.2) is 33.6 Å². The van der Waals surface area contributed by atoms with Crippen molar-refractivity contribution in [1.82, 2.24) is 4.90 Å². The van der Waals surface area contributed by atoms with Crippen LogP contribution >= 0.6 is 11.8 Å². The van der Waals surface area contributed by atoms with Crippen molar-refractivity contribution in [3.05, 3.63) is 54.1 Å². The molecule has 1 N–H and O–H groups in total. The summed E-state index contributed by atoms with van der Waals surface area (Å²) in [6.07, 6.45) is 0.417. The van der Waals surface area contributed by atoms with Gasteiger partial charge in [-0.15, -0.1) is 0 Å². The lowest BCUT2D eigenvalue weighted by Gasteiger charge is -2.16. The van der Waals surface area contributed by atoms with Crippen molar-refractivity contribution in [1.29, 1.82) is 0 Å². The summed E-state index contributed by atoms with van der Waals surface area (Å²) in [6, 6.07) is 14.7. The van der Waals surface area contributed by atoms with E-state index < -0.39 is 0 Å². The number of carbonyl (C=O) groups is 3. The van der Waals surface area contributed by atoms with Gasteiger partial charge >= 0.3 is 0 Å². The average Bonchev–Trinajstić information content (AvgIpc) is 2.96. The molecule has 1 atom stereocenters. The summed E-state index contributed by atoms with van der Waals surface area (Å²) >= 11 is 1.24. The number of carbonyl (C=O) groups excluding carboxylic acids is 3. The fraction of sp³-hybridized carbons (Fsp3) is 0.286. The fourth-order valence-electron chi connectivity index (χ4n) is 3.03. The third-order valence-electron chi connectivity index (χ3n) is 4.22. The van der Waals surface area contributed by atoms with Crippen molar-refractivity contribution in [3.63, 3.8) is 0 Å². The first kappa shape index (κ1) is 19.9. The molecule has 0 radical (unpaired) electrons. The van der Waals surface area contributed by atoms with Crippen molar-refractivity contribution in [2.45, 2.75) is 32.1 Å². The zero-order chi connectivity index (χ0) is 20.1. The van der Waals surface area contributed by atoms with Gasteiger partial charge in [0.15, 0.2) is 5.12 Å². The van der Waals surface area contributed by atoms with Crippen LogP contribution in [0.1, 0.15) is 25.8 Å². The summed E-state index contributed by atoms with van der Waals surface area (Å²) in [5, 5.41) is 2.80. The molecule has 1 fully saturated rings. The van der Waals surface area contributed by atoms with E-state index in [1.54, 1.807) is 29.2 Å². The van der Waals surface area contributed by atoms with Gasteiger partial charge in [-0.05, 0) is 42.0 Å². The number of hydrogen-bond acceptors (Lipinski definition) is 5. The first-order chi connectivity index (χ1) is 13.4. The van der Waals surface area contributed by atoms with Crippen molar-refractivity contribution in [3.8, 4) is 11.5 Å². The topological polar surface area (TPSA) is 75.7 Å². The van der Waals surface area contributed by atoms with Gasteiger partial charge in [0.05, 0.1) is 0 Å². The molecule has 2 aromatic carbocycles. The van der Waals surface area contributed by atoms with Crippen LogP contribution in [0.3, 0.4) is 0 Å². The molecular formula is C21H22N2O4S. The minimum Gasteiger partial charge on any atom is -0.457 e. The molecule has 28 heavy (non-hydrogen) atoms. The Labute approximate surface area is 168 Å². The first-order valence-corrected chi connectivity index (χ1v) is 9.86. The van der Waals surface area contributed by atoms with Crippen LogP contribution < -0.4 is 10.1 Å². The molecule has 7 heteroatoms. The van der Waals surface area contributed by atoms with Crippen molar-refractivity contribution in [2.24, 2.45) is 0 Å². The van der Waals surface area contributed by atoms with E-state index in [0.29, 0.717) is 36.7 Å². The largest absolute Gasteiger partial charge is 0.457 e. The number of nitrogens with zero attached hydrogens (tertiary/aromatic N) is 1. The number of thioether (sulfide) groups is 1. The first-order valence-electron chi connectivity index (χ1n) is 8.98. The van der Waals surface area contributed by atoms with Gasteiger partial charge in [-0.1, -0.05) is 23.9 Å². The Morgan fingerprint density at radius 3 is 2.25 bits per heavy atom. The molecule has 1 unspecified atom stereocenters. The average molecular weight is 398 g/mol. The Morgan fingerprint density at radius 2 is 1.68 bits per heavy atom. The predicted molar refractivity (Wildman–Crippen MR) is 109 cm³/mol. The van der Waals surface area contributed by atoms with Crippen LogP contribution in [0.15, 0.2) is 48.5 Å². The zero-order valence-corrected chi connectivity index (χ0v) is 16.6. The number of nitrogens with one attached hydrogen (secondary N) is 1. The van der Waals surface area contributed by atoms with Gasteiger partial charge in [-0.3, -0.25) is 14.4 Å². The van der Waals surface area contributed by atoms with Crippen LogP contribution in [0.4, 0.5) is 5.69 Å². The highest BCUT2D eigenvalue weighted by Gasteiger charge is 2.30. The molecule has 3 rings (SSSR count). The molecular weight excluding hydrogens is 376 g/mol. The third kappa shape index (κ3) is 5.60. The van der Waals surface area contributed by atoms with Crippen LogP contribution in [0.25, 0.3) is 0 Å². The lowest BCUT2D eigenvalue weighted by Crippen LogP contribution is -2.24. The number of benzene rings is 2. The number of likely N-dealkylation sites (tertiary alicyclic amines) is 1. The molecule has 2 aromatic rings. The van der Waals surface area contributed by atoms with E-state index in [1.165, 1.54) is 25.6 Å². The number of amides is 2. The molecule has 146 valence electrons. The summed E-state index contributed by atoms with van der Waals surface area (Å²) in [5.41, 5.74) is 1.72. The van der Waals surface area contributed by atoms with Gasteiger partial charge in [0.2, 0.25) is 11.8 Å². The predicted octanol–water partition coefficient (Wildman–Crippen LogP) is 3.82. The molecule has 1 heterocycles. The summed E-state index contributed by atoms with van der Waals surface area (Å²) in [4.78, 5) is 36.2. The molecule has 6 nitrogen and oxygen atoms in total. The number of ether oxygens (including phenoxy) is 1. The second-order valence-electron chi connectivity index (χ2n) is 6.66. The molecule has 1 aliphatic rings. The van der Waals surface area contributed by atoms with E-state index in [1.807, 2.05) is 24.3 Å². The third-order valence-corrected chi connectivity index (χ3v) is 5.20. The van der Waals surface area contributed by atoms with Crippen LogP contribution in [-0.2, 0) is 20.9 Å². The zero-order valence-electron chi connectivity index (χ0n) is 15.8. The monoisotopic (exact) mass is 398 g/mol. The van der Waals surface area contributed by atoms with E-state index in [0.717, 1.165) is 5.56 Å². The molecule has 0 aliphatic carbocycles. The smallest absolute Gasteiger partial charge is 0.224 e. The highest BCUT2D eigenvalue weighted by Crippen LogP contribution is 2.27. The summed E-state index contributed by atoms with van der Waals surface area (Å²) in [5.74, 6) is 1.32. The Kier molecular flexibility index (Phi) is 6.36. The van der Waals surface area contributed by atoms with Gasteiger partial charge in [0, 0.05) is 44.3 Å². The highest BCUT2D eigenvalue weighted by atomic mass is 32.2. The normalized spacial score (nSPS) is 16.1. The van der Waals surface area contributed by atoms with Crippen LogP contribution in [0.2, 0.25) is 0 Å². The van der Waals surface area contributed by atoms with Gasteiger partial charge in [-0.2, -0.15) is 0 Å². The highest BCUT2D eigenvalue weighted by molar-refractivity contribution is 8.14. The van der Waals surface area contributed by atoms with Gasteiger partial charge in [0.25, 0.3) is 0 Å². The SMILES string of the molecule is CC(=O)Nc1ccc(Oc2ccc(CN3CC(SC(C)=O)CC3=O)cc2)cc1. The van der Waals surface area contributed by atoms with Gasteiger partial charge in [-0.25, -0.2) is 0 Å². The minimum absolute atomic E-state index is 0.0475. The molecule has 2 amide bonds. The van der Waals surface area contributed by atoms with Crippen molar-refractivity contribution < 1.29 is 19.1 Å². The number of hydrogen-bond donors (Lipinski definition) is 1.